The van der Waals surface area contributed by atoms with E-state index in [1.165, 1.54) is 11.3 Å². The van der Waals surface area contributed by atoms with E-state index in [2.05, 4.69) is 15.0 Å². The van der Waals surface area contributed by atoms with Gasteiger partial charge in [0.1, 0.15) is 10.7 Å². The van der Waals surface area contributed by atoms with Crippen molar-refractivity contribution in [1.29, 1.82) is 0 Å². The molecule has 0 aliphatic carbocycles. The van der Waals surface area contributed by atoms with Crippen LogP contribution < -0.4 is 5.73 Å². The molecule has 3 aromatic heterocycles. The molecule has 1 atom stereocenters. The average Bonchev–Trinajstić information content (AvgIpc) is 3.10. The van der Waals surface area contributed by atoms with Crippen LogP contribution in [-0.4, -0.2) is 15.0 Å². The summed E-state index contributed by atoms with van der Waals surface area (Å²) < 4.78 is 0. The van der Waals surface area contributed by atoms with Gasteiger partial charge in [-0.05, 0) is 11.4 Å². The minimum absolute atomic E-state index is 0.160. The molecule has 1 unspecified atom stereocenters. The molecule has 2 N–H and O–H groups in total. The molecule has 3 rings (SSSR count). The van der Waals surface area contributed by atoms with Gasteiger partial charge in [-0.3, -0.25) is 9.97 Å². The van der Waals surface area contributed by atoms with Gasteiger partial charge in [-0.1, -0.05) is 6.07 Å². The lowest BCUT2D eigenvalue weighted by molar-refractivity contribution is 0.858. The maximum absolute atomic E-state index is 6.17. The van der Waals surface area contributed by atoms with E-state index in [0.29, 0.717) is 0 Å². The predicted octanol–water partition coefficient (Wildman–Crippen LogP) is 2.71. The highest BCUT2D eigenvalue weighted by Gasteiger charge is 2.14. The summed E-state index contributed by atoms with van der Waals surface area (Å²) in [4.78, 5) is 13.9. The fourth-order valence-corrected chi connectivity index (χ4v) is 3.12. The van der Waals surface area contributed by atoms with Crippen molar-refractivity contribution in [3.05, 3.63) is 52.1 Å². The molecule has 0 amide bonds. The molecule has 0 bridgehead atoms. The third kappa shape index (κ3) is 2.17. The maximum atomic E-state index is 6.17. The summed E-state index contributed by atoms with van der Waals surface area (Å²) >= 11 is 3.18. The molecule has 3 heterocycles. The van der Waals surface area contributed by atoms with Gasteiger partial charge in [0.2, 0.25) is 0 Å². The molecule has 90 valence electrons. The van der Waals surface area contributed by atoms with Crippen LogP contribution in [0, 0.1) is 0 Å². The van der Waals surface area contributed by atoms with Gasteiger partial charge in [0.15, 0.2) is 0 Å². The van der Waals surface area contributed by atoms with Gasteiger partial charge < -0.3 is 5.73 Å². The Kier molecular flexibility index (Phi) is 3.14. The highest BCUT2D eigenvalue weighted by atomic mass is 32.1. The third-order valence-electron chi connectivity index (χ3n) is 2.47. The molecule has 0 saturated heterocycles. The first-order chi connectivity index (χ1) is 8.84. The normalized spacial score (nSPS) is 12.5. The summed E-state index contributed by atoms with van der Waals surface area (Å²) in [6.07, 6.45) is 5.02. The van der Waals surface area contributed by atoms with Crippen LogP contribution in [0.3, 0.4) is 0 Å². The largest absolute Gasteiger partial charge is 0.318 e. The van der Waals surface area contributed by atoms with Gasteiger partial charge in [-0.25, -0.2) is 4.98 Å². The molecule has 0 spiro atoms. The van der Waals surface area contributed by atoms with E-state index in [-0.39, 0.29) is 6.04 Å². The molecule has 0 aliphatic rings. The van der Waals surface area contributed by atoms with Crippen LogP contribution >= 0.6 is 22.7 Å². The first-order valence-corrected chi connectivity index (χ1v) is 7.11. The summed E-state index contributed by atoms with van der Waals surface area (Å²) in [5, 5.41) is 4.85. The van der Waals surface area contributed by atoms with Crippen molar-refractivity contribution < 1.29 is 0 Å². The summed E-state index contributed by atoms with van der Waals surface area (Å²) in [6, 6.07) is 3.86. The lowest BCUT2D eigenvalue weighted by atomic mass is 10.2. The molecule has 0 radical (unpaired) electrons. The van der Waals surface area contributed by atoms with Crippen molar-refractivity contribution in [2.45, 2.75) is 6.04 Å². The Labute approximate surface area is 112 Å². The van der Waals surface area contributed by atoms with E-state index < -0.39 is 0 Å². The van der Waals surface area contributed by atoms with Crippen LogP contribution in [0.2, 0.25) is 0 Å². The van der Waals surface area contributed by atoms with Crippen molar-refractivity contribution >= 4 is 22.7 Å². The van der Waals surface area contributed by atoms with E-state index in [0.717, 1.165) is 21.3 Å². The Morgan fingerprint density at radius 2 is 2.17 bits per heavy atom. The van der Waals surface area contributed by atoms with Crippen molar-refractivity contribution in [1.82, 2.24) is 15.0 Å². The second kappa shape index (κ2) is 4.93. The Balaban J connectivity index is 1.90. The van der Waals surface area contributed by atoms with Crippen LogP contribution in [-0.2, 0) is 0 Å². The van der Waals surface area contributed by atoms with Crippen molar-refractivity contribution in [3.63, 3.8) is 0 Å². The van der Waals surface area contributed by atoms with Gasteiger partial charge in [0.05, 0.1) is 17.9 Å². The summed E-state index contributed by atoms with van der Waals surface area (Å²) in [7, 11) is 0. The lowest BCUT2D eigenvalue weighted by Gasteiger charge is -2.04. The number of thiophene rings is 1. The minimum atomic E-state index is -0.160. The van der Waals surface area contributed by atoms with Crippen LogP contribution in [0.4, 0.5) is 0 Å². The van der Waals surface area contributed by atoms with Gasteiger partial charge >= 0.3 is 0 Å². The Bertz CT molecular complexity index is 619. The number of nitrogens with two attached hydrogens (primary N) is 1. The molecule has 3 aromatic rings. The fraction of sp³-hybridized carbons (Fsp3) is 0.0833. The SMILES string of the molecule is NC(c1csc(-c2cnccn2)n1)c1cccs1. The van der Waals surface area contributed by atoms with Gasteiger partial charge in [0, 0.05) is 22.7 Å². The second-order valence-corrected chi connectivity index (χ2v) is 5.50. The monoisotopic (exact) mass is 274 g/mol. The third-order valence-corrected chi connectivity index (χ3v) is 4.31. The van der Waals surface area contributed by atoms with Crippen molar-refractivity contribution in [3.8, 4) is 10.7 Å². The first-order valence-electron chi connectivity index (χ1n) is 5.35. The minimum Gasteiger partial charge on any atom is -0.318 e. The van der Waals surface area contributed by atoms with E-state index in [1.807, 2.05) is 22.9 Å². The number of hydrogen-bond acceptors (Lipinski definition) is 6. The van der Waals surface area contributed by atoms with E-state index in [4.69, 9.17) is 5.73 Å². The topological polar surface area (TPSA) is 64.7 Å². The Morgan fingerprint density at radius 3 is 2.89 bits per heavy atom. The number of nitrogens with zero attached hydrogens (tertiary/aromatic N) is 3. The number of aromatic nitrogens is 3. The zero-order valence-electron chi connectivity index (χ0n) is 9.35. The van der Waals surface area contributed by atoms with Gasteiger partial charge in [0.25, 0.3) is 0 Å². The van der Waals surface area contributed by atoms with Crippen LogP contribution in [0.5, 0.6) is 0 Å². The van der Waals surface area contributed by atoms with E-state index >= 15 is 0 Å². The quantitative estimate of drug-likeness (QED) is 0.797. The molecule has 0 fully saturated rings. The van der Waals surface area contributed by atoms with E-state index in [1.54, 1.807) is 29.9 Å². The van der Waals surface area contributed by atoms with Crippen molar-refractivity contribution in [2.75, 3.05) is 0 Å². The molecule has 0 aromatic carbocycles. The summed E-state index contributed by atoms with van der Waals surface area (Å²) in [5.41, 5.74) is 7.83. The first kappa shape index (κ1) is 11.5. The molecule has 4 nitrogen and oxygen atoms in total. The predicted molar refractivity (Wildman–Crippen MR) is 73.5 cm³/mol. The molecule has 0 aliphatic heterocycles. The van der Waals surface area contributed by atoms with E-state index in [9.17, 15) is 0 Å². The molecule has 18 heavy (non-hydrogen) atoms. The van der Waals surface area contributed by atoms with Gasteiger partial charge in [-0.2, -0.15) is 0 Å². The smallest absolute Gasteiger partial charge is 0.143 e. The van der Waals surface area contributed by atoms with Gasteiger partial charge in [-0.15, -0.1) is 22.7 Å². The molecular weight excluding hydrogens is 264 g/mol. The molecule has 0 saturated carbocycles. The Morgan fingerprint density at radius 1 is 1.22 bits per heavy atom. The van der Waals surface area contributed by atoms with Crippen LogP contribution in [0.1, 0.15) is 16.6 Å². The fourth-order valence-electron chi connectivity index (χ4n) is 1.57. The lowest BCUT2D eigenvalue weighted by Crippen LogP contribution is -2.10. The number of rotatable bonds is 3. The highest BCUT2D eigenvalue weighted by molar-refractivity contribution is 7.13. The summed E-state index contributed by atoms with van der Waals surface area (Å²) in [5.74, 6) is 0. The number of thiazole rings is 1. The highest BCUT2D eigenvalue weighted by Crippen LogP contribution is 2.28. The average molecular weight is 274 g/mol. The summed E-state index contributed by atoms with van der Waals surface area (Å²) in [6.45, 7) is 0. The van der Waals surface area contributed by atoms with Crippen molar-refractivity contribution in [2.24, 2.45) is 5.73 Å². The molecular formula is C12H10N4S2. The maximum Gasteiger partial charge on any atom is 0.143 e. The second-order valence-electron chi connectivity index (χ2n) is 3.66. The number of hydrogen-bond donors (Lipinski definition) is 1. The van der Waals surface area contributed by atoms with Crippen LogP contribution in [0.15, 0.2) is 41.5 Å². The molecule has 6 heteroatoms. The standard InChI is InChI=1S/C12H10N4S2/c13-11(10-2-1-5-17-10)9-7-18-12(16-9)8-6-14-3-4-15-8/h1-7,11H,13H2. The van der Waals surface area contributed by atoms with Crippen LogP contribution in [0.25, 0.3) is 10.7 Å². The zero-order chi connectivity index (χ0) is 12.4. The zero-order valence-corrected chi connectivity index (χ0v) is 11.0. The Hall–Kier alpha value is -1.63.